The smallest absolute Gasteiger partial charge is 0.241 e. The molecule has 0 aliphatic rings. The molecule has 0 aromatic heterocycles. The van der Waals surface area contributed by atoms with Gasteiger partial charge in [-0.05, 0) is 26.0 Å². The van der Waals surface area contributed by atoms with Crippen molar-refractivity contribution in [2.24, 2.45) is 0 Å². The molecule has 0 bridgehead atoms. The number of benzene rings is 1. The van der Waals surface area contributed by atoms with Crippen LogP contribution in [0.25, 0.3) is 0 Å². The highest BCUT2D eigenvalue weighted by Gasteiger charge is 2.11. The van der Waals surface area contributed by atoms with Crippen molar-refractivity contribution < 1.29 is 4.79 Å². The summed E-state index contributed by atoms with van der Waals surface area (Å²) >= 11 is 0. The molecule has 0 aliphatic carbocycles. The molecule has 1 unspecified atom stereocenters. The Morgan fingerprint density at radius 3 is 2.71 bits per heavy atom. The van der Waals surface area contributed by atoms with Crippen LogP contribution in [0.1, 0.15) is 20.3 Å². The summed E-state index contributed by atoms with van der Waals surface area (Å²) in [5.41, 5.74) is 0.819. The van der Waals surface area contributed by atoms with Crippen LogP contribution in [-0.2, 0) is 4.79 Å². The molecule has 1 aromatic carbocycles. The number of carbonyl (C=O) groups excluding carboxylic acids is 1. The highest BCUT2D eigenvalue weighted by Crippen LogP contribution is 2.05. The molecule has 1 atom stereocenters. The normalized spacial score (nSPS) is 11.2. The average Bonchev–Trinajstić information content (AvgIpc) is 2.35. The van der Waals surface area contributed by atoms with Gasteiger partial charge in [0.15, 0.2) is 0 Å². The van der Waals surface area contributed by atoms with Crippen molar-refractivity contribution >= 4 is 11.6 Å². The third kappa shape index (κ3) is 5.19. The van der Waals surface area contributed by atoms with Crippen molar-refractivity contribution in [1.29, 1.82) is 0 Å². The van der Waals surface area contributed by atoms with Crippen molar-refractivity contribution in [3.05, 3.63) is 30.3 Å². The van der Waals surface area contributed by atoms with E-state index in [1.54, 1.807) is 0 Å². The van der Waals surface area contributed by atoms with E-state index in [0.29, 0.717) is 0 Å². The zero-order chi connectivity index (χ0) is 12.5. The minimum atomic E-state index is -0.214. The summed E-state index contributed by atoms with van der Waals surface area (Å²) in [6.07, 6.45) is 0.763. The lowest BCUT2D eigenvalue weighted by Gasteiger charge is -2.13. The molecule has 0 aliphatic heterocycles. The van der Waals surface area contributed by atoms with Crippen LogP contribution in [0.15, 0.2) is 30.3 Å². The van der Waals surface area contributed by atoms with Gasteiger partial charge in [-0.1, -0.05) is 18.2 Å². The standard InChI is InChI=1S/C14H18N2O/c1-3-4-8-11-15-12(2)14(17)16-13-9-6-5-7-10-13/h5-7,9-10,12,15H,8,11H2,1-2H3,(H,16,17). The Balaban J connectivity index is 2.34. The maximum atomic E-state index is 11.8. The van der Waals surface area contributed by atoms with Crippen LogP contribution in [0.4, 0.5) is 5.69 Å². The van der Waals surface area contributed by atoms with Crippen LogP contribution in [0.5, 0.6) is 0 Å². The van der Waals surface area contributed by atoms with Gasteiger partial charge in [-0.15, -0.1) is 11.8 Å². The van der Waals surface area contributed by atoms with E-state index in [0.717, 1.165) is 18.7 Å². The quantitative estimate of drug-likeness (QED) is 0.600. The van der Waals surface area contributed by atoms with Gasteiger partial charge in [0.05, 0.1) is 6.04 Å². The van der Waals surface area contributed by atoms with Gasteiger partial charge in [-0.3, -0.25) is 4.79 Å². The topological polar surface area (TPSA) is 41.1 Å². The Hall–Kier alpha value is -1.79. The molecular formula is C14H18N2O. The van der Waals surface area contributed by atoms with Crippen molar-refractivity contribution in [2.45, 2.75) is 26.3 Å². The van der Waals surface area contributed by atoms with E-state index in [1.807, 2.05) is 44.2 Å². The lowest BCUT2D eigenvalue weighted by molar-refractivity contribution is -0.117. The summed E-state index contributed by atoms with van der Waals surface area (Å²) < 4.78 is 0. The second kappa shape index (κ2) is 7.48. The van der Waals surface area contributed by atoms with Gasteiger partial charge in [0, 0.05) is 18.7 Å². The van der Waals surface area contributed by atoms with Crippen LogP contribution in [0, 0.1) is 11.8 Å². The van der Waals surface area contributed by atoms with Gasteiger partial charge in [-0.25, -0.2) is 0 Å². The maximum absolute atomic E-state index is 11.8. The molecule has 3 heteroatoms. The average molecular weight is 230 g/mol. The minimum Gasteiger partial charge on any atom is -0.325 e. The third-order valence-corrected chi connectivity index (χ3v) is 2.31. The molecule has 1 aromatic rings. The molecule has 2 N–H and O–H groups in total. The SMILES string of the molecule is CC#CCCNC(C)C(=O)Nc1ccccc1. The van der Waals surface area contributed by atoms with E-state index in [-0.39, 0.29) is 11.9 Å². The van der Waals surface area contributed by atoms with Gasteiger partial charge >= 0.3 is 0 Å². The van der Waals surface area contributed by atoms with Gasteiger partial charge in [0.1, 0.15) is 0 Å². The number of anilines is 1. The van der Waals surface area contributed by atoms with E-state index in [1.165, 1.54) is 0 Å². The number of hydrogen-bond donors (Lipinski definition) is 2. The largest absolute Gasteiger partial charge is 0.325 e. The molecule has 0 radical (unpaired) electrons. The van der Waals surface area contributed by atoms with Crippen molar-refractivity contribution in [1.82, 2.24) is 5.32 Å². The summed E-state index contributed by atoms with van der Waals surface area (Å²) in [4.78, 5) is 11.8. The summed E-state index contributed by atoms with van der Waals surface area (Å²) in [6, 6.07) is 9.23. The van der Waals surface area contributed by atoms with Crippen LogP contribution < -0.4 is 10.6 Å². The third-order valence-electron chi connectivity index (χ3n) is 2.31. The van der Waals surface area contributed by atoms with E-state index in [4.69, 9.17) is 0 Å². The highest BCUT2D eigenvalue weighted by atomic mass is 16.2. The predicted molar refractivity (Wildman–Crippen MR) is 70.6 cm³/mol. The molecule has 3 nitrogen and oxygen atoms in total. The number of nitrogens with one attached hydrogen (secondary N) is 2. The first-order chi connectivity index (χ1) is 8.24. The van der Waals surface area contributed by atoms with Gasteiger partial charge in [-0.2, -0.15) is 0 Å². The van der Waals surface area contributed by atoms with Crippen LogP contribution >= 0.6 is 0 Å². The Labute approximate surface area is 103 Å². The van der Waals surface area contributed by atoms with Gasteiger partial charge in [0.25, 0.3) is 0 Å². The molecule has 0 saturated carbocycles. The molecule has 0 spiro atoms. The fourth-order valence-corrected chi connectivity index (χ4v) is 1.34. The molecule has 1 rings (SSSR count). The number of carbonyl (C=O) groups is 1. The second-order valence-corrected chi connectivity index (χ2v) is 3.71. The van der Waals surface area contributed by atoms with E-state index in [2.05, 4.69) is 22.5 Å². The molecule has 0 fully saturated rings. The first kappa shape index (κ1) is 13.3. The number of para-hydroxylation sites is 1. The summed E-state index contributed by atoms with van der Waals surface area (Å²) in [6.45, 7) is 4.38. The monoisotopic (exact) mass is 230 g/mol. The minimum absolute atomic E-state index is 0.0272. The number of rotatable bonds is 5. The molecule has 1 amide bonds. The fraction of sp³-hybridized carbons (Fsp3) is 0.357. The summed E-state index contributed by atoms with van der Waals surface area (Å²) in [7, 11) is 0. The zero-order valence-corrected chi connectivity index (χ0v) is 10.3. The maximum Gasteiger partial charge on any atom is 0.241 e. The van der Waals surface area contributed by atoms with Gasteiger partial charge < -0.3 is 10.6 Å². The Morgan fingerprint density at radius 1 is 1.35 bits per heavy atom. The highest BCUT2D eigenvalue weighted by molar-refractivity contribution is 5.94. The lowest BCUT2D eigenvalue weighted by Crippen LogP contribution is -2.38. The zero-order valence-electron chi connectivity index (χ0n) is 10.3. The van der Waals surface area contributed by atoms with Crippen molar-refractivity contribution in [3.8, 4) is 11.8 Å². The van der Waals surface area contributed by atoms with Crippen molar-refractivity contribution in [3.63, 3.8) is 0 Å². The van der Waals surface area contributed by atoms with Gasteiger partial charge in [0.2, 0.25) is 5.91 Å². The molecule has 17 heavy (non-hydrogen) atoms. The predicted octanol–water partition coefficient (Wildman–Crippen LogP) is 2.02. The molecular weight excluding hydrogens is 212 g/mol. The fourth-order valence-electron chi connectivity index (χ4n) is 1.34. The lowest BCUT2D eigenvalue weighted by atomic mass is 10.2. The number of hydrogen-bond acceptors (Lipinski definition) is 2. The summed E-state index contributed by atoms with van der Waals surface area (Å²) in [5.74, 6) is 5.74. The van der Waals surface area contributed by atoms with E-state index in [9.17, 15) is 4.79 Å². The van der Waals surface area contributed by atoms with E-state index >= 15 is 0 Å². The number of amides is 1. The Bertz CT molecular complexity index is 403. The molecule has 0 saturated heterocycles. The molecule has 0 heterocycles. The van der Waals surface area contributed by atoms with E-state index < -0.39 is 0 Å². The molecule has 90 valence electrons. The Kier molecular flexibility index (Phi) is 5.84. The van der Waals surface area contributed by atoms with Crippen LogP contribution in [0.3, 0.4) is 0 Å². The second-order valence-electron chi connectivity index (χ2n) is 3.71. The summed E-state index contributed by atoms with van der Waals surface area (Å²) in [5, 5.41) is 5.97. The van der Waals surface area contributed by atoms with Crippen molar-refractivity contribution in [2.75, 3.05) is 11.9 Å². The first-order valence-electron chi connectivity index (χ1n) is 5.73. The first-order valence-corrected chi connectivity index (χ1v) is 5.73. The van der Waals surface area contributed by atoms with Crippen LogP contribution in [-0.4, -0.2) is 18.5 Å². The van der Waals surface area contributed by atoms with Crippen LogP contribution in [0.2, 0.25) is 0 Å². The Morgan fingerprint density at radius 2 is 2.06 bits per heavy atom.